The van der Waals surface area contributed by atoms with E-state index in [1.54, 1.807) is 18.3 Å². The highest BCUT2D eigenvalue weighted by Crippen LogP contribution is 2.31. The number of nitrogens with one attached hydrogen (secondary N) is 1. The van der Waals surface area contributed by atoms with Gasteiger partial charge in [0.2, 0.25) is 0 Å². The molecule has 1 fully saturated rings. The van der Waals surface area contributed by atoms with Crippen LogP contribution in [0.5, 0.6) is 0 Å². The van der Waals surface area contributed by atoms with E-state index < -0.39 is 5.82 Å². The Kier molecular flexibility index (Phi) is 3.89. The van der Waals surface area contributed by atoms with Crippen LogP contribution in [0.1, 0.15) is 6.92 Å². The summed E-state index contributed by atoms with van der Waals surface area (Å²) < 4.78 is 20.0. The summed E-state index contributed by atoms with van der Waals surface area (Å²) in [6.07, 6.45) is 2.88. The number of aromatic amines is 1. The molecule has 7 nitrogen and oxygen atoms in total. The van der Waals surface area contributed by atoms with Gasteiger partial charge in [-0.15, -0.1) is 0 Å². The number of hydrogen-bond acceptors (Lipinski definition) is 6. The molecule has 4 rings (SSSR count). The average Bonchev–Trinajstić information content (AvgIpc) is 3.10. The van der Waals surface area contributed by atoms with Gasteiger partial charge in [0, 0.05) is 24.2 Å². The summed E-state index contributed by atoms with van der Waals surface area (Å²) in [6.45, 7) is 7.54. The number of fused-ring (bicyclic) bond motifs is 1. The maximum absolute atomic E-state index is 14.5. The van der Waals surface area contributed by atoms with Gasteiger partial charge in [0.25, 0.3) is 0 Å². The number of nitrogens with zero attached hydrogens (tertiary/aromatic N) is 5. The van der Waals surface area contributed by atoms with Gasteiger partial charge in [0.05, 0.1) is 31.0 Å². The second-order valence-corrected chi connectivity index (χ2v) is 5.90. The molecule has 0 amide bonds. The molecule has 8 heteroatoms. The van der Waals surface area contributed by atoms with Crippen molar-refractivity contribution >= 4 is 29.4 Å². The summed E-state index contributed by atoms with van der Waals surface area (Å²) in [4.78, 5) is 22.0. The molecule has 0 bridgehead atoms. The zero-order valence-electron chi connectivity index (χ0n) is 13.7. The zero-order chi connectivity index (χ0) is 17.4. The monoisotopic (exact) mass is 340 g/mol. The van der Waals surface area contributed by atoms with E-state index in [0.29, 0.717) is 48.0 Å². The van der Waals surface area contributed by atoms with Crippen molar-refractivity contribution in [1.82, 2.24) is 19.9 Å². The van der Waals surface area contributed by atoms with E-state index in [9.17, 15) is 4.39 Å². The molecule has 1 aliphatic rings. The highest BCUT2D eigenvalue weighted by Gasteiger charge is 2.23. The maximum atomic E-state index is 14.5. The lowest BCUT2D eigenvalue weighted by Gasteiger charge is -2.34. The number of morpholine rings is 1. The molecule has 0 saturated carbocycles. The Morgan fingerprint density at radius 2 is 2.32 bits per heavy atom. The lowest BCUT2D eigenvalue weighted by Crippen LogP contribution is -2.44. The number of aromatic nitrogens is 4. The number of pyridine rings is 1. The predicted molar refractivity (Wildman–Crippen MR) is 93.9 cm³/mol. The number of aliphatic imine (C=N–C) groups is 1. The summed E-state index contributed by atoms with van der Waals surface area (Å²) >= 11 is 0. The molecule has 25 heavy (non-hydrogen) atoms. The Hall–Kier alpha value is -2.87. The van der Waals surface area contributed by atoms with E-state index in [4.69, 9.17) is 4.74 Å². The van der Waals surface area contributed by atoms with Crippen LogP contribution in [0.2, 0.25) is 0 Å². The Morgan fingerprint density at radius 3 is 3.12 bits per heavy atom. The third kappa shape index (κ3) is 2.74. The fourth-order valence-corrected chi connectivity index (χ4v) is 3.04. The van der Waals surface area contributed by atoms with Crippen LogP contribution in [0.3, 0.4) is 0 Å². The van der Waals surface area contributed by atoms with Gasteiger partial charge in [-0.25, -0.2) is 24.3 Å². The van der Waals surface area contributed by atoms with E-state index in [0.717, 1.165) is 0 Å². The minimum Gasteiger partial charge on any atom is -0.377 e. The van der Waals surface area contributed by atoms with Crippen molar-refractivity contribution in [3.8, 4) is 11.4 Å². The van der Waals surface area contributed by atoms with Gasteiger partial charge in [-0.2, -0.15) is 0 Å². The molecule has 3 aromatic rings. The van der Waals surface area contributed by atoms with Crippen LogP contribution < -0.4 is 4.90 Å². The number of halogens is 1. The van der Waals surface area contributed by atoms with E-state index in [1.807, 2.05) is 0 Å². The summed E-state index contributed by atoms with van der Waals surface area (Å²) in [5, 5.41) is 0.627. The van der Waals surface area contributed by atoms with Crippen molar-refractivity contribution in [2.24, 2.45) is 4.99 Å². The molecule has 1 aliphatic heterocycles. The van der Waals surface area contributed by atoms with E-state index in [1.165, 1.54) is 6.20 Å². The van der Waals surface area contributed by atoms with Crippen molar-refractivity contribution in [2.45, 2.75) is 13.0 Å². The molecule has 0 aromatic carbocycles. The SMILES string of the molecule is C=Nc1cc(N2CCOC[C@H]2C)nc(-c2c(F)cnc3[nH]ccc23)n1. The standard InChI is InChI=1S/C17H17FN6O/c1-10-9-25-6-5-24(10)14-7-13(19-2)22-17(23-14)15-11-3-4-20-16(11)21-8-12(15)18/h3-4,7-8,10H,2,5-6,9H2,1H3,(H,20,21)/t10-/m1/s1. The van der Waals surface area contributed by atoms with Crippen LogP contribution >= 0.6 is 0 Å². The first kappa shape index (κ1) is 15.6. The van der Waals surface area contributed by atoms with Crippen LogP contribution in [0.4, 0.5) is 16.0 Å². The van der Waals surface area contributed by atoms with E-state index in [2.05, 4.69) is 43.5 Å². The maximum Gasteiger partial charge on any atom is 0.167 e. The Bertz CT molecular complexity index is 940. The van der Waals surface area contributed by atoms with Crippen LogP contribution in [-0.4, -0.2) is 52.5 Å². The fourth-order valence-electron chi connectivity index (χ4n) is 3.04. The lowest BCUT2D eigenvalue weighted by atomic mass is 10.1. The molecule has 0 radical (unpaired) electrons. The second kappa shape index (κ2) is 6.21. The fraction of sp³-hybridized carbons (Fsp3) is 0.294. The Labute approximate surface area is 143 Å². The zero-order valence-corrected chi connectivity index (χ0v) is 13.7. The molecule has 1 saturated heterocycles. The van der Waals surface area contributed by atoms with Crippen molar-refractivity contribution in [1.29, 1.82) is 0 Å². The first-order valence-corrected chi connectivity index (χ1v) is 7.99. The van der Waals surface area contributed by atoms with Crippen molar-refractivity contribution in [3.63, 3.8) is 0 Å². The van der Waals surface area contributed by atoms with Gasteiger partial charge in [-0.1, -0.05) is 0 Å². The summed E-state index contributed by atoms with van der Waals surface area (Å²) in [7, 11) is 0. The third-order valence-electron chi connectivity index (χ3n) is 4.29. The van der Waals surface area contributed by atoms with Gasteiger partial charge < -0.3 is 14.6 Å². The molecule has 1 atom stereocenters. The highest BCUT2D eigenvalue weighted by molar-refractivity contribution is 5.91. The summed E-state index contributed by atoms with van der Waals surface area (Å²) in [6, 6.07) is 3.67. The van der Waals surface area contributed by atoms with Crippen LogP contribution in [-0.2, 0) is 4.74 Å². The third-order valence-corrected chi connectivity index (χ3v) is 4.29. The van der Waals surface area contributed by atoms with Gasteiger partial charge in [-0.3, -0.25) is 0 Å². The lowest BCUT2D eigenvalue weighted by molar-refractivity contribution is 0.0985. The molecule has 4 heterocycles. The molecular formula is C17H17FN6O. The minimum atomic E-state index is -0.478. The van der Waals surface area contributed by atoms with Gasteiger partial charge in [-0.05, 0) is 19.7 Å². The molecule has 0 aliphatic carbocycles. The second-order valence-electron chi connectivity index (χ2n) is 5.90. The van der Waals surface area contributed by atoms with Crippen molar-refractivity contribution in [3.05, 3.63) is 30.3 Å². The quantitative estimate of drug-likeness (QED) is 0.742. The molecule has 0 unspecified atom stereocenters. The topological polar surface area (TPSA) is 79.3 Å². The van der Waals surface area contributed by atoms with Gasteiger partial charge >= 0.3 is 0 Å². The smallest absolute Gasteiger partial charge is 0.167 e. The molecule has 0 spiro atoms. The van der Waals surface area contributed by atoms with Crippen molar-refractivity contribution < 1.29 is 9.13 Å². The normalized spacial score (nSPS) is 17.8. The van der Waals surface area contributed by atoms with Crippen molar-refractivity contribution in [2.75, 3.05) is 24.7 Å². The number of rotatable bonds is 3. The first-order chi connectivity index (χ1) is 12.2. The summed E-state index contributed by atoms with van der Waals surface area (Å²) in [5.74, 6) is 0.874. The number of hydrogen-bond donors (Lipinski definition) is 1. The average molecular weight is 340 g/mol. The summed E-state index contributed by atoms with van der Waals surface area (Å²) in [5.41, 5.74) is 0.886. The van der Waals surface area contributed by atoms with Crippen LogP contribution in [0.25, 0.3) is 22.4 Å². The van der Waals surface area contributed by atoms with Crippen LogP contribution in [0.15, 0.2) is 29.5 Å². The molecule has 128 valence electrons. The first-order valence-electron chi connectivity index (χ1n) is 7.99. The predicted octanol–water partition coefficient (Wildman–Crippen LogP) is 2.72. The number of anilines is 1. The van der Waals surface area contributed by atoms with Gasteiger partial charge in [0.15, 0.2) is 17.5 Å². The largest absolute Gasteiger partial charge is 0.377 e. The number of H-pyrrole nitrogens is 1. The molecule has 1 N–H and O–H groups in total. The molecule has 3 aromatic heterocycles. The minimum absolute atomic E-state index is 0.156. The Morgan fingerprint density at radius 1 is 1.44 bits per heavy atom. The Balaban J connectivity index is 1.89. The van der Waals surface area contributed by atoms with E-state index >= 15 is 0 Å². The van der Waals surface area contributed by atoms with Gasteiger partial charge in [0.1, 0.15) is 11.5 Å². The van der Waals surface area contributed by atoms with E-state index in [-0.39, 0.29) is 11.9 Å². The molecular weight excluding hydrogens is 323 g/mol. The number of ether oxygens (including phenoxy) is 1. The van der Waals surface area contributed by atoms with Crippen LogP contribution in [0, 0.1) is 5.82 Å². The highest BCUT2D eigenvalue weighted by atomic mass is 19.1.